The van der Waals surface area contributed by atoms with Crippen LogP contribution >= 0.6 is 38.5 Å². The molecule has 144 valence electrons. The number of nitrogens with one attached hydrogen (secondary N) is 1. The minimum atomic E-state index is -0.600. The Kier molecular flexibility index (Phi) is 8.56. The second-order valence-electron chi connectivity index (χ2n) is 5.96. The summed E-state index contributed by atoms with van der Waals surface area (Å²) in [5, 5.41) is 2.77. The third-order valence-electron chi connectivity index (χ3n) is 3.94. The van der Waals surface area contributed by atoms with Crippen LogP contribution < -0.4 is 10.1 Å². The number of halogens is 2. The van der Waals surface area contributed by atoms with Gasteiger partial charge in [-0.25, -0.2) is 0 Å². The van der Waals surface area contributed by atoms with E-state index in [9.17, 15) is 9.59 Å². The van der Waals surface area contributed by atoms with Gasteiger partial charge >= 0.3 is 0 Å². The summed E-state index contributed by atoms with van der Waals surface area (Å²) < 4.78 is 7.63. The van der Waals surface area contributed by atoms with E-state index in [1.54, 1.807) is 11.8 Å². The summed E-state index contributed by atoms with van der Waals surface area (Å²) in [5.41, 5.74) is 0.933. The van der Waals surface area contributed by atoms with E-state index in [-0.39, 0.29) is 18.4 Å². The van der Waals surface area contributed by atoms with Crippen LogP contribution in [-0.2, 0) is 16.1 Å². The molecule has 0 saturated carbocycles. The normalized spacial score (nSPS) is 11.6. The second kappa shape index (κ2) is 10.7. The molecule has 2 amide bonds. The minimum absolute atomic E-state index is 0.127. The fourth-order valence-electron chi connectivity index (χ4n) is 2.50. The highest BCUT2D eigenvalue weighted by atomic mass is 127. The number of rotatable bonds is 8. The summed E-state index contributed by atoms with van der Waals surface area (Å²) >= 11 is 5.65. The van der Waals surface area contributed by atoms with E-state index in [0.29, 0.717) is 18.8 Å². The second-order valence-corrected chi connectivity index (χ2v) is 8.13. The van der Waals surface area contributed by atoms with Gasteiger partial charge in [0.25, 0.3) is 5.91 Å². The highest BCUT2D eigenvalue weighted by Crippen LogP contribution is 2.17. The third kappa shape index (κ3) is 6.80. The summed E-state index contributed by atoms with van der Waals surface area (Å²) in [4.78, 5) is 26.7. The Morgan fingerprint density at radius 3 is 2.56 bits per heavy atom. The molecule has 1 N–H and O–H groups in total. The zero-order chi connectivity index (χ0) is 19.8. The maximum atomic E-state index is 12.8. The fraction of sp³-hybridized carbons (Fsp3) is 0.300. The summed E-state index contributed by atoms with van der Waals surface area (Å²) in [7, 11) is 0. The molecule has 2 rings (SSSR count). The first kappa shape index (κ1) is 21.7. The quantitative estimate of drug-likeness (QED) is 0.511. The molecule has 2 aromatic carbocycles. The Bertz CT molecular complexity index is 783. The molecule has 0 aliphatic carbocycles. The van der Waals surface area contributed by atoms with E-state index in [2.05, 4.69) is 43.8 Å². The molecular formula is C20H22BrIN2O3. The molecule has 7 heteroatoms. The predicted octanol–water partition coefficient (Wildman–Crippen LogP) is 3.99. The Morgan fingerprint density at radius 2 is 1.93 bits per heavy atom. The number of carbonyl (C=O) groups excluding carboxylic acids is 2. The zero-order valence-electron chi connectivity index (χ0n) is 15.2. The molecule has 0 saturated heterocycles. The lowest BCUT2D eigenvalue weighted by atomic mass is 10.1. The SMILES string of the molecule is CCNC(=O)[C@@H](C)N(Cc1cccc(Br)c1)C(=O)COc1ccc(I)cc1. The van der Waals surface area contributed by atoms with E-state index < -0.39 is 6.04 Å². The van der Waals surface area contributed by atoms with Crippen LogP contribution in [0.15, 0.2) is 53.0 Å². The standard InChI is InChI=1S/C20H22BrIN2O3/c1-3-23-20(26)14(2)24(12-15-5-4-6-16(21)11-15)19(25)13-27-18-9-7-17(22)8-10-18/h4-11,14H,3,12-13H2,1-2H3,(H,23,26)/t14-/m1/s1. The summed E-state index contributed by atoms with van der Waals surface area (Å²) in [6.45, 7) is 4.29. The van der Waals surface area contributed by atoms with Gasteiger partial charge in [0.05, 0.1) is 0 Å². The van der Waals surface area contributed by atoms with Gasteiger partial charge in [-0.1, -0.05) is 28.1 Å². The molecule has 0 radical (unpaired) electrons. The van der Waals surface area contributed by atoms with Gasteiger partial charge < -0.3 is 15.0 Å². The van der Waals surface area contributed by atoms with Crippen molar-refractivity contribution in [3.63, 3.8) is 0 Å². The first-order valence-corrected chi connectivity index (χ1v) is 10.5. The number of hydrogen-bond donors (Lipinski definition) is 1. The number of ether oxygens (including phenoxy) is 1. The smallest absolute Gasteiger partial charge is 0.261 e. The van der Waals surface area contributed by atoms with E-state index in [1.165, 1.54) is 0 Å². The highest BCUT2D eigenvalue weighted by molar-refractivity contribution is 14.1. The lowest BCUT2D eigenvalue weighted by molar-refractivity contribution is -0.142. The first-order valence-electron chi connectivity index (χ1n) is 8.60. The van der Waals surface area contributed by atoms with Gasteiger partial charge in [-0.2, -0.15) is 0 Å². The molecule has 0 spiro atoms. The molecule has 27 heavy (non-hydrogen) atoms. The molecule has 1 atom stereocenters. The van der Waals surface area contributed by atoms with E-state index in [1.807, 2.05) is 55.5 Å². The van der Waals surface area contributed by atoms with E-state index >= 15 is 0 Å². The molecule has 2 aromatic rings. The van der Waals surface area contributed by atoms with E-state index in [0.717, 1.165) is 13.6 Å². The van der Waals surface area contributed by atoms with E-state index in [4.69, 9.17) is 4.74 Å². The summed E-state index contributed by atoms with van der Waals surface area (Å²) in [6.07, 6.45) is 0. The Morgan fingerprint density at radius 1 is 1.22 bits per heavy atom. The highest BCUT2D eigenvalue weighted by Gasteiger charge is 2.26. The van der Waals surface area contributed by atoms with Crippen molar-refractivity contribution < 1.29 is 14.3 Å². The van der Waals surface area contributed by atoms with Gasteiger partial charge in [0.1, 0.15) is 11.8 Å². The average Bonchev–Trinajstić information content (AvgIpc) is 2.65. The number of benzene rings is 2. The van der Waals surface area contributed by atoms with Gasteiger partial charge in [-0.3, -0.25) is 9.59 Å². The van der Waals surface area contributed by atoms with Crippen molar-refractivity contribution in [2.24, 2.45) is 0 Å². The lowest BCUT2D eigenvalue weighted by Crippen LogP contribution is -2.49. The molecular weight excluding hydrogens is 523 g/mol. The van der Waals surface area contributed by atoms with Gasteiger partial charge in [0.15, 0.2) is 6.61 Å². The lowest BCUT2D eigenvalue weighted by Gasteiger charge is -2.28. The van der Waals surface area contributed by atoms with Crippen molar-refractivity contribution in [3.8, 4) is 5.75 Å². The molecule has 0 heterocycles. The van der Waals surface area contributed by atoms with Crippen LogP contribution in [0.3, 0.4) is 0 Å². The Hall–Kier alpha value is -1.61. The van der Waals surface area contributed by atoms with Gasteiger partial charge in [0, 0.05) is 21.1 Å². The van der Waals surface area contributed by atoms with Gasteiger partial charge in [-0.05, 0) is 78.4 Å². The van der Waals surface area contributed by atoms with Crippen molar-refractivity contribution >= 4 is 50.3 Å². The zero-order valence-corrected chi connectivity index (χ0v) is 19.0. The number of hydrogen-bond acceptors (Lipinski definition) is 3. The third-order valence-corrected chi connectivity index (χ3v) is 5.15. The van der Waals surface area contributed by atoms with Crippen molar-refractivity contribution in [2.75, 3.05) is 13.2 Å². The minimum Gasteiger partial charge on any atom is -0.484 e. The maximum Gasteiger partial charge on any atom is 0.261 e. The number of amides is 2. The summed E-state index contributed by atoms with van der Waals surface area (Å²) in [6, 6.07) is 14.6. The largest absolute Gasteiger partial charge is 0.484 e. The maximum absolute atomic E-state index is 12.8. The van der Waals surface area contributed by atoms with Crippen LogP contribution in [0.25, 0.3) is 0 Å². The molecule has 0 bridgehead atoms. The van der Waals surface area contributed by atoms with Crippen molar-refractivity contribution in [1.82, 2.24) is 10.2 Å². The molecule has 0 fully saturated rings. The molecule has 5 nitrogen and oxygen atoms in total. The number of nitrogens with zero attached hydrogens (tertiary/aromatic N) is 1. The first-order chi connectivity index (χ1) is 12.9. The van der Waals surface area contributed by atoms with Crippen LogP contribution in [0.5, 0.6) is 5.75 Å². The monoisotopic (exact) mass is 544 g/mol. The van der Waals surface area contributed by atoms with Crippen LogP contribution in [0.1, 0.15) is 19.4 Å². The van der Waals surface area contributed by atoms with Crippen LogP contribution in [0, 0.1) is 3.57 Å². The molecule has 0 aliphatic rings. The average molecular weight is 545 g/mol. The molecule has 0 unspecified atom stereocenters. The fourth-order valence-corrected chi connectivity index (χ4v) is 3.30. The van der Waals surface area contributed by atoms with Crippen molar-refractivity contribution in [1.29, 1.82) is 0 Å². The van der Waals surface area contributed by atoms with Crippen LogP contribution in [0.2, 0.25) is 0 Å². The summed E-state index contributed by atoms with van der Waals surface area (Å²) in [5.74, 6) is 0.194. The predicted molar refractivity (Wildman–Crippen MR) is 117 cm³/mol. The van der Waals surface area contributed by atoms with Gasteiger partial charge in [-0.15, -0.1) is 0 Å². The Labute approximate surface area is 181 Å². The Balaban J connectivity index is 2.12. The van der Waals surface area contributed by atoms with Crippen LogP contribution in [0.4, 0.5) is 0 Å². The van der Waals surface area contributed by atoms with Crippen molar-refractivity contribution in [2.45, 2.75) is 26.4 Å². The molecule has 0 aromatic heterocycles. The van der Waals surface area contributed by atoms with Gasteiger partial charge in [0.2, 0.25) is 5.91 Å². The number of likely N-dealkylation sites (N-methyl/N-ethyl adjacent to an activating group) is 1. The molecule has 0 aliphatic heterocycles. The number of carbonyl (C=O) groups is 2. The van der Waals surface area contributed by atoms with Crippen LogP contribution in [-0.4, -0.2) is 35.9 Å². The van der Waals surface area contributed by atoms with Crippen molar-refractivity contribution in [3.05, 3.63) is 62.1 Å². The topological polar surface area (TPSA) is 58.6 Å².